The first-order chi connectivity index (χ1) is 5.62. The Balaban J connectivity index is 3.19. The molecule has 1 unspecified atom stereocenters. The maximum atomic E-state index is 9.37. The molecule has 0 bridgehead atoms. The second-order valence-corrected chi connectivity index (χ2v) is 3.37. The summed E-state index contributed by atoms with van der Waals surface area (Å²) in [6.07, 6.45) is 2.41. The van der Waals surface area contributed by atoms with Crippen molar-refractivity contribution in [1.29, 1.82) is 0 Å². The lowest BCUT2D eigenvalue weighted by molar-refractivity contribution is -0.0126. The van der Waals surface area contributed by atoms with E-state index in [0.29, 0.717) is 13.0 Å². The molecule has 0 rings (SSSR count). The van der Waals surface area contributed by atoms with E-state index in [-0.39, 0.29) is 6.61 Å². The highest BCUT2D eigenvalue weighted by Crippen LogP contribution is 2.10. The molecule has 0 aromatic rings. The average Bonchev–Trinajstić information content (AvgIpc) is 2.04. The van der Waals surface area contributed by atoms with Crippen LogP contribution in [0.5, 0.6) is 0 Å². The molecule has 2 N–H and O–H groups in total. The van der Waals surface area contributed by atoms with Gasteiger partial charge in [0.25, 0.3) is 0 Å². The molecule has 0 heterocycles. The Kier molecular flexibility index (Phi) is 6.34. The van der Waals surface area contributed by atoms with E-state index in [2.05, 4.69) is 6.92 Å². The molecule has 0 aromatic heterocycles. The molecule has 0 aliphatic rings. The van der Waals surface area contributed by atoms with E-state index < -0.39 is 5.60 Å². The zero-order valence-corrected chi connectivity index (χ0v) is 8.05. The minimum absolute atomic E-state index is 0.180. The van der Waals surface area contributed by atoms with Crippen LogP contribution in [0.1, 0.15) is 33.1 Å². The van der Waals surface area contributed by atoms with Gasteiger partial charge in [-0.05, 0) is 26.2 Å². The van der Waals surface area contributed by atoms with Crippen molar-refractivity contribution in [3.05, 3.63) is 0 Å². The first-order valence-electron chi connectivity index (χ1n) is 4.53. The fourth-order valence-electron chi connectivity index (χ4n) is 0.881. The molecule has 0 aliphatic heterocycles. The first-order valence-corrected chi connectivity index (χ1v) is 4.53. The monoisotopic (exact) mass is 176 g/mol. The van der Waals surface area contributed by atoms with E-state index in [1.807, 2.05) is 0 Å². The highest BCUT2D eigenvalue weighted by Gasteiger charge is 2.17. The van der Waals surface area contributed by atoms with Crippen LogP contribution < -0.4 is 0 Å². The predicted octanol–water partition coefficient (Wildman–Crippen LogP) is 0.936. The van der Waals surface area contributed by atoms with Crippen molar-refractivity contribution < 1.29 is 14.9 Å². The van der Waals surface area contributed by atoms with E-state index in [1.54, 1.807) is 6.92 Å². The molecule has 0 radical (unpaired) electrons. The Labute approximate surface area is 74.4 Å². The summed E-state index contributed by atoms with van der Waals surface area (Å²) in [5.74, 6) is 0. The van der Waals surface area contributed by atoms with Gasteiger partial charge in [0.05, 0.1) is 12.2 Å². The van der Waals surface area contributed by atoms with Gasteiger partial charge < -0.3 is 14.9 Å². The molecule has 3 nitrogen and oxygen atoms in total. The topological polar surface area (TPSA) is 49.7 Å². The molecule has 0 aromatic carbocycles. The normalized spacial score (nSPS) is 16.0. The van der Waals surface area contributed by atoms with Crippen LogP contribution in [0.15, 0.2) is 0 Å². The Morgan fingerprint density at radius 1 is 1.33 bits per heavy atom. The molecule has 74 valence electrons. The minimum atomic E-state index is -0.935. The van der Waals surface area contributed by atoms with E-state index in [0.717, 1.165) is 19.4 Å². The van der Waals surface area contributed by atoms with Crippen LogP contribution in [0, 0.1) is 0 Å². The Morgan fingerprint density at radius 3 is 2.50 bits per heavy atom. The van der Waals surface area contributed by atoms with Gasteiger partial charge in [-0.3, -0.25) is 0 Å². The van der Waals surface area contributed by atoms with Gasteiger partial charge >= 0.3 is 0 Å². The van der Waals surface area contributed by atoms with E-state index in [9.17, 15) is 5.11 Å². The van der Waals surface area contributed by atoms with Crippen molar-refractivity contribution in [3.63, 3.8) is 0 Å². The minimum Gasteiger partial charge on any atom is -0.393 e. The number of aliphatic hydroxyl groups excluding tert-OH is 1. The molecule has 0 saturated carbocycles. The van der Waals surface area contributed by atoms with Crippen LogP contribution in [-0.4, -0.2) is 35.6 Å². The van der Waals surface area contributed by atoms with Gasteiger partial charge in [-0.1, -0.05) is 6.92 Å². The smallest absolute Gasteiger partial charge is 0.0850 e. The molecular weight excluding hydrogens is 156 g/mol. The van der Waals surface area contributed by atoms with Crippen LogP contribution >= 0.6 is 0 Å². The molecule has 0 fully saturated rings. The zero-order valence-electron chi connectivity index (χ0n) is 8.05. The van der Waals surface area contributed by atoms with Gasteiger partial charge in [-0.2, -0.15) is 0 Å². The van der Waals surface area contributed by atoms with Gasteiger partial charge in [0, 0.05) is 13.2 Å². The molecule has 0 saturated heterocycles. The molecule has 0 aliphatic carbocycles. The fraction of sp³-hybridized carbons (Fsp3) is 1.00. The van der Waals surface area contributed by atoms with E-state index >= 15 is 0 Å². The third kappa shape index (κ3) is 6.58. The maximum Gasteiger partial charge on any atom is 0.0850 e. The van der Waals surface area contributed by atoms with Crippen LogP contribution in [0.3, 0.4) is 0 Å². The van der Waals surface area contributed by atoms with Gasteiger partial charge in [0.1, 0.15) is 0 Å². The molecule has 0 spiro atoms. The summed E-state index contributed by atoms with van der Waals surface area (Å²) in [5.41, 5.74) is -0.935. The summed E-state index contributed by atoms with van der Waals surface area (Å²) in [7, 11) is 0. The number of rotatable bonds is 7. The highest BCUT2D eigenvalue weighted by molar-refractivity contribution is 4.69. The Bertz CT molecular complexity index is 102. The van der Waals surface area contributed by atoms with Crippen molar-refractivity contribution in [2.45, 2.75) is 38.7 Å². The van der Waals surface area contributed by atoms with Crippen LogP contribution in [0.2, 0.25) is 0 Å². The van der Waals surface area contributed by atoms with Gasteiger partial charge in [0.15, 0.2) is 0 Å². The average molecular weight is 176 g/mol. The molecular formula is C9H20O3. The molecule has 3 heteroatoms. The van der Waals surface area contributed by atoms with Crippen LogP contribution in [-0.2, 0) is 4.74 Å². The third-order valence-corrected chi connectivity index (χ3v) is 1.69. The lowest BCUT2D eigenvalue weighted by Crippen LogP contribution is -2.29. The van der Waals surface area contributed by atoms with Crippen molar-refractivity contribution in [2.24, 2.45) is 0 Å². The molecule has 0 amide bonds. The summed E-state index contributed by atoms with van der Waals surface area (Å²) >= 11 is 0. The number of hydrogen-bond donors (Lipinski definition) is 2. The van der Waals surface area contributed by atoms with Crippen LogP contribution in [0.25, 0.3) is 0 Å². The number of hydrogen-bond acceptors (Lipinski definition) is 3. The SMILES string of the molecule is CCCOCCCC(C)(O)CO. The summed E-state index contributed by atoms with van der Waals surface area (Å²) < 4.78 is 5.23. The summed E-state index contributed by atoms with van der Waals surface area (Å²) in [6, 6.07) is 0. The van der Waals surface area contributed by atoms with Gasteiger partial charge in [-0.15, -0.1) is 0 Å². The standard InChI is InChI=1S/C9H20O3/c1-3-6-12-7-4-5-9(2,11)8-10/h10-11H,3-8H2,1-2H3. The summed E-state index contributed by atoms with van der Waals surface area (Å²) in [4.78, 5) is 0. The second-order valence-electron chi connectivity index (χ2n) is 3.37. The van der Waals surface area contributed by atoms with Crippen molar-refractivity contribution in [2.75, 3.05) is 19.8 Å². The van der Waals surface area contributed by atoms with Crippen molar-refractivity contribution in [3.8, 4) is 0 Å². The second kappa shape index (κ2) is 6.40. The quantitative estimate of drug-likeness (QED) is 0.567. The number of aliphatic hydroxyl groups is 2. The fourth-order valence-corrected chi connectivity index (χ4v) is 0.881. The van der Waals surface area contributed by atoms with Gasteiger partial charge in [-0.25, -0.2) is 0 Å². The first kappa shape index (κ1) is 11.9. The Hall–Kier alpha value is -0.120. The van der Waals surface area contributed by atoms with E-state index in [1.165, 1.54) is 0 Å². The zero-order chi connectivity index (χ0) is 9.45. The molecule has 12 heavy (non-hydrogen) atoms. The predicted molar refractivity (Wildman–Crippen MR) is 48.1 cm³/mol. The highest BCUT2D eigenvalue weighted by atomic mass is 16.5. The maximum absolute atomic E-state index is 9.37. The lowest BCUT2D eigenvalue weighted by atomic mass is 10.0. The van der Waals surface area contributed by atoms with Gasteiger partial charge in [0.2, 0.25) is 0 Å². The summed E-state index contributed by atoms with van der Waals surface area (Å²) in [6.45, 7) is 4.96. The van der Waals surface area contributed by atoms with Crippen LogP contribution in [0.4, 0.5) is 0 Å². The number of ether oxygens (including phenoxy) is 1. The van der Waals surface area contributed by atoms with Crippen molar-refractivity contribution >= 4 is 0 Å². The summed E-state index contributed by atoms with van der Waals surface area (Å²) in [5, 5.41) is 18.1. The largest absolute Gasteiger partial charge is 0.393 e. The van der Waals surface area contributed by atoms with E-state index in [4.69, 9.17) is 9.84 Å². The lowest BCUT2D eigenvalue weighted by Gasteiger charge is -2.19. The molecule has 1 atom stereocenters. The third-order valence-electron chi connectivity index (χ3n) is 1.69. The van der Waals surface area contributed by atoms with Crippen molar-refractivity contribution in [1.82, 2.24) is 0 Å². The Morgan fingerprint density at radius 2 is 2.00 bits per heavy atom.